The molecule has 7 heteroatoms. The Morgan fingerprint density at radius 2 is 2.17 bits per heavy atom. The molecular formula is C17H29N5O2. The summed E-state index contributed by atoms with van der Waals surface area (Å²) >= 11 is 0. The number of methoxy groups -OCH3 is 1. The van der Waals surface area contributed by atoms with E-state index in [0.29, 0.717) is 12.1 Å². The van der Waals surface area contributed by atoms with Crippen LogP contribution in [0.5, 0.6) is 0 Å². The molecule has 0 radical (unpaired) electrons. The first-order valence-electron chi connectivity index (χ1n) is 8.57. The van der Waals surface area contributed by atoms with E-state index in [1.165, 1.54) is 0 Å². The Hall–Kier alpha value is -1.73. The summed E-state index contributed by atoms with van der Waals surface area (Å²) in [6, 6.07) is 0.776. The summed E-state index contributed by atoms with van der Waals surface area (Å²) < 4.78 is 5.26. The highest BCUT2D eigenvalue weighted by Crippen LogP contribution is 2.24. The van der Waals surface area contributed by atoms with E-state index >= 15 is 0 Å². The van der Waals surface area contributed by atoms with Gasteiger partial charge < -0.3 is 20.3 Å². The number of carbonyl (C=O) groups is 1. The third kappa shape index (κ3) is 4.21. The number of carbonyl (C=O) groups excluding carboxylic acids is 1. The Morgan fingerprint density at radius 1 is 1.42 bits per heavy atom. The first-order chi connectivity index (χ1) is 11.5. The molecule has 1 saturated heterocycles. The summed E-state index contributed by atoms with van der Waals surface area (Å²) in [7, 11) is 3.33. The lowest BCUT2D eigenvalue weighted by atomic mass is 10.2. The minimum absolute atomic E-state index is 0.234. The third-order valence-corrected chi connectivity index (χ3v) is 4.61. The van der Waals surface area contributed by atoms with Crippen molar-refractivity contribution in [2.24, 2.45) is 0 Å². The van der Waals surface area contributed by atoms with Crippen molar-refractivity contribution in [3.8, 4) is 0 Å². The quantitative estimate of drug-likeness (QED) is 0.775. The SMILES string of the molecule is CCC(COC)N[C@@H]1CCN(c2nc(C(=O)NC)nc(C)c2C)C1. The number of ether oxygens (including phenoxy) is 1. The lowest BCUT2D eigenvalue weighted by Gasteiger charge is -2.23. The van der Waals surface area contributed by atoms with Gasteiger partial charge in [0.1, 0.15) is 5.82 Å². The second kappa shape index (κ2) is 8.39. The van der Waals surface area contributed by atoms with E-state index in [1.807, 2.05) is 13.8 Å². The summed E-state index contributed by atoms with van der Waals surface area (Å²) in [6.45, 7) is 8.62. The Morgan fingerprint density at radius 3 is 2.79 bits per heavy atom. The Labute approximate surface area is 144 Å². The minimum atomic E-state index is -0.251. The molecule has 134 valence electrons. The number of aryl methyl sites for hydroxylation is 1. The largest absolute Gasteiger partial charge is 0.383 e. The van der Waals surface area contributed by atoms with Gasteiger partial charge in [-0.1, -0.05) is 6.92 Å². The summed E-state index contributed by atoms with van der Waals surface area (Å²) in [5.74, 6) is 0.849. The van der Waals surface area contributed by atoms with E-state index in [9.17, 15) is 4.79 Å². The number of hydrogen-bond donors (Lipinski definition) is 2. The molecule has 1 aliphatic rings. The van der Waals surface area contributed by atoms with Crippen molar-refractivity contribution in [1.29, 1.82) is 0 Å². The van der Waals surface area contributed by atoms with Crippen molar-refractivity contribution in [2.45, 2.75) is 45.7 Å². The number of hydrogen-bond acceptors (Lipinski definition) is 6. The van der Waals surface area contributed by atoms with E-state index in [2.05, 4.69) is 32.4 Å². The predicted octanol–water partition coefficient (Wildman–Crippen LogP) is 1.05. The van der Waals surface area contributed by atoms with Crippen LogP contribution >= 0.6 is 0 Å². The van der Waals surface area contributed by atoms with Gasteiger partial charge in [-0.3, -0.25) is 4.79 Å². The number of nitrogens with zero attached hydrogens (tertiary/aromatic N) is 3. The molecule has 0 bridgehead atoms. The molecule has 1 aromatic heterocycles. The zero-order valence-corrected chi connectivity index (χ0v) is 15.3. The second-order valence-electron chi connectivity index (χ2n) is 6.32. The summed E-state index contributed by atoms with van der Waals surface area (Å²) in [5.41, 5.74) is 1.88. The van der Waals surface area contributed by atoms with Gasteiger partial charge in [0.05, 0.1) is 6.61 Å². The van der Waals surface area contributed by atoms with E-state index in [1.54, 1.807) is 14.2 Å². The first kappa shape index (κ1) is 18.6. The van der Waals surface area contributed by atoms with Crippen molar-refractivity contribution in [1.82, 2.24) is 20.6 Å². The number of anilines is 1. The van der Waals surface area contributed by atoms with Gasteiger partial charge in [0.15, 0.2) is 0 Å². The van der Waals surface area contributed by atoms with Crippen LogP contribution in [0.2, 0.25) is 0 Å². The third-order valence-electron chi connectivity index (χ3n) is 4.61. The van der Waals surface area contributed by atoms with Crippen LogP contribution < -0.4 is 15.5 Å². The lowest BCUT2D eigenvalue weighted by molar-refractivity contribution is 0.0952. The van der Waals surface area contributed by atoms with Crippen molar-refractivity contribution in [3.05, 3.63) is 17.1 Å². The highest BCUT2D eigenvalue weighted by atomic mass is 16.5. The van der Waals surface area contributed by atoms with Gasteiger partial charge >= 0.3 is 0 Å². The summed E-state index contributed by atoms with van der Waals surface area (Å²) in [4.78, 5) is 22.9. The van der Waals surface area contributed by atoms with Crippen LogP contribution in [0.3, 0.4) is 0 Å². The highest BCUT2D eigenvalue weighted by Gasteiger charge is 2.27. The Balaban J connectivity index is 2.12. The Kier molecular flexibility index (Phi) is 6.51. The number of nitrogens with one attached hydrogen (secondary N) is 2. The molecule has 1 amide bonds. The molecule has 1 aromatic rings. The molecule has 0 aromatic carbocycles. The minimum Gasteiger partial charge on any atom is -0.383 e. The van der Waals surface area contributed by atoms with Gasteiger partial charge in [0.25, 0.3) is 5.91 Å². The zero-order valence-electron chi connectivity index (χ0n) is 15.3. The van der Waals surface area contributed by atoms with E-state index in [0.717, 1.165) is 49.6 Å². The molecule has 2 N–H and O–H groups in total. The molecule has 1 unspecified atom stereocenters. The highest BCUT2D eigenvalue weighted by molar-refractivity contribution is 5.90. The average molecular weight is 335 g/mol. The molecule has 2 rings (SSSR count). The van der Waals surface area contributed by atoms with E-state index in [4.69, 9.17) is 4.74 Å². The molecule has 0 saturated carbocycles. The van der Waals surface area contributed by atoms with E-state index < -0.39 is 0 Å². The van der Waals surface area contributed by atoms with Gasteiger partial charge in [-0.15, -0.1) is 0 Å². The topological polar surface area (TPSA) is 79.4 Å². The smallest absolute Gasteiger partial charge is 0.288 e. The van der Waals surface area contributed by atoms with Gasteiger partial charge in [-0.25, -0.2) is 9.97 Å². The molecule has 1 aliphatic heterocycles. The Bertz CT molecular complexity index is 578. The molecule has 1 fully saturated rings. The number of amides is 1. The fourth-order valence-corrected chi connectivity index (χ4v) is 3.04. The van der Waals surface area contributed by atoms with E-state index in [-0.39, 0.29) is 11.7 Å². The number of aromatic nitrogens is 2. The van der Waals surface area contributed by atoms with Gasteiger partial charge in [-0.05, 0) is 26.7 Å². The predicted molar refractivity (Wildman–Crippen MR) is 94.6 cm³/mol. The van der Waals surface area contributed by atoms with Crippen molar-refractivity contribution < 1.29 is 9.53 Å². The molecule has 2 atom stereocenters. The average Bonchev–Trinajstić information content (AvgIpc) is 3.04. The molecule has 7 nitrogen and oxygen atoms in total. The summed E-state index contributed by atoms with van der Waals surface area (Å²) in [5, 5.41) is 6.25. The fraction of sp³-hybridized carbons (Fsp3) is 0.706. The van der Waals surface area contributed by atoms with Crippen LogP contribution in [0.15, 0.2) is 0 Å². The molecule has 24 heavy (non-hydrogen) atoms. The van der Waals surface area contributed by atoms with Crippen LogP contribution in [-0.4, -0.2) is 61.8 Å². The van der Waals surface area contributed by atoms with Crippen molar-refractivity contribution >= 4 is 11.7 Å². The summed E-state index contributed by atoms with van der Waals surface area (Å²) in [6.07, 6.45) is 2.09. The van der Waals surface area contributed by atoms with Crippen molar-refractivity contribution in [2.75, 3.05) is 38.8 Å². The molecule has 2 heterocycles. The molecular weight excluding hydrogens is 306 g/mol. The van der Waals surface area contributed by atoms with Crippen LogP contribution in [0, 0.1) is 13.8 Å². The van der Waals surface area contributed by atoms with Gasteiger partial charge in [0, 0.05) is 50.6 Å². The zero-order chi connectivity index (χ0) is 17.7. The van der Waals surface area contributed by atoms with Crippen LogP contribution in [-0.2, 0) is 4.74 Å². The van der Waals surface area contributed by atoms with Crippen molar-refractivity contribution in [3.63, 3.8) is 0 Å². The maximum atomic E-state index is 11.9. The lowest BCUT2D eigenvalue weighted by Crippen LogP contribution is -2.42. The maximum absolute atomic E-state index is 11.9. The standard InChI is InChI=1S/C17H29N5O2/c1-6-13(10-24-5)20-14-7-8-22(9-14)16-11(2)12(3)19-15(21-16)17(23)18-4/h13-14,20H,6-10H2,1-5H3,(H,18,23)/t13?,14-/m1/s1. The normalized spacial score (nSPS) is 18.7. The maximum Gasteiger partial charge on any atom is 0.288 e. The number of rotatable bonds is 7. The monoisotopic (exact) mass is 335 g/mol. The molecule has 0 aliphatic carbocycles. The van der Waals surface area contributed by atoms with Crippen LogP contribution in [0.1, 0.15) is 41.6 Å². The molecule has 0 spiro atoms. The van der Waals surface area contributed by atoms with Gasteiger partial charge in [-0.2, -0.15) is 0 Å². The van der Waals surface area contributed by atoms with Crippen LogP contribution in [0.4, 0.5) is 5.82 Å². The van der Waals surface area contributed by atoms with Gasteiger partial charge in [0.2, 0.25) is 5.82 Å². The second-order valence-corrected chi connectivity index (χ2v) is 6.32. The van der Waals surface area contributed by atoms with Crippen LogP contribution in [0.25, 0.3) is 0 Å². The first-order valence-corrected chi connectivity index (χ1v) is 8.57. The fourth-order valence-electron chi connectivity index (χ4n) is 3.04.